The molecule has 0 N–H and O–H groups in total. The van der Waals surface area contributed by atoms with Crippen LogP contribution in [0.5, 0.6) is 0 Å². The van der Waals surface area contributed by atoms with Crippen molar-refractivity contribution in [3.05, 3.63) is 35.6 Å². The number of carbonyl (C=O) groups is 1. The van der Waals surface area contributed by atoms with Crippen molar-refractivity contribution in [2.45, 2.75) is 19.3 Å². The van der Waals surface area contributed by atoms with Gasteiger partial charge in [-0.05, 0) is 37.1 Å². The van der Waals surface area contributed by atoms with Crippen molar-refractivity contribution in [3.8, 4) is 0 Å². The van der Waals surface area contributed by atoms with Crippen molar-refractivity contribution in [1.82, 2.24) is 0 Å². The lowest BCUT2D eigenvalue weighted by Gasteiger charge is -1.99. The SMILES string of the molecule is O=C(CCCCCl)c1ccc(F)cc1. The third-order valence-electron chi connectivity index (χ3n) is 1.95. The number of benzene rings is 1. The summed E-state index contributed by atoms with van der Waals surface area (Å²) in [5, 5.41) is 0. The van der Waals surface area contributed by atoms with Crippen molar-refractivity contribution in [2.75, 3.05) is 5.88 Å². The molecule has 1 nitrogen and oxygen atoms in total. The Bertz CT molecular complexity index is 295. The van der Waals surface area contributed by atoms with E-state index in [1.165, 1.54) is 24.3 Å². The van der Waals surface area contributed by atoms with E-state index in [-0.39, 0.29) is 11.6 Å². The minimum Gasteiger partial charge on any atom is -0.294 e. The number of hydrogen-bond acceptors (Lipinski definition) is 1. The maximum absolute atomic E-state index is 12.5. The maximum atomic E-state index is 12.5. The van der Waals surface area contributed by atoms with Gasteiger partial charge in [0, 0.05) is 17.9 Å². The number of rotatable bonds is 5. The van der Waals surface area contributed by atoms with E-state index < -0.39 is 0 Å². The highest BCUT2D eigenvalue weighted by atomic mass is 35.5. The lowest BCUT2D eigenvalue weighted by molar-refractivity contribution is 0.0980. The van der Waals surface area contributed by atoms with Gasteiger partial charge in [-0.25, -0.2) is 4.39 Å². The third-order valence-corrected chi connectivity index (χ3v) is 2.22. The maximum Gasteiger partial charge on any atom is 0.162 e. The smallest absolute Gasteiger partial charge is 0.162 e. The first-order valence-corrected chi connectivity index (χ1v) is 5.12. The van der Waals surface area contributed by atoms with Crippen LogP contribution in [0.3, 0.4) is 0 Å². The average molecular weight is 215 g/mol. The van der Waals surface area contributed by atoms with Crippen LogP contribution in [0.25, 0.3) is 0 Å². The summed E-state index contributed by atoms with van der Waals surface area (Å²) in [7, 11) is 0. The minimum absolute atomic E-state index is 0.0510. The molecule has 14 heavy (non-hydrogen) atoms. The highest BCUT2D eigenvalue weighted by Crippen LogP contribution is 2.08. The summed E-state index contributed by atoms with van der Waals surface area (Å²) in [6.07, 6.45) is 2.12. The van der Waals surface area contributed by atoms with Crippen LogP contribution in [0.1, 0.15) is 29.6 Å². The third kappa shape index (κ3) is 3.46. The van der Waals surface area contributed by atoms with Crippen molar-refractivity contribution >= 4 is 17.4 Å². The lowest BCUT2D eigenvalue weighted by atomic mass is 10.1. The Balaban J connectivity index is 2.48. The van der Waals surface area contributed by atoms with Gasteiger partial charge in [-0.15, -0.1) is 11.6 Å². The van der Waals surface area contributed by atoms with E-state index in [0.29, 0.717) is 17.9 Å². The van der Waals surface area contributed by atoms with E-state index in [2.05, 4.69) is 0 Å². The molecule has 0 unspecified atom stereocenters. The fourth-order valence-corrected chi connectivity index (χ4v) is 1.35. The largest absolute Gasteiger partial charge is 0.294 e. The normalized spacial score (nSPS) is 10.1. The van der Waals surface area contributed by atoms with Crippen LogP contribution in [0.4, 0.5) is 4.39 Å². The zero-order valence-electron chi connectivity index (χ0n) is 7.80. The Morgan fingerprint density at radius 1 is 1.21 bits per heavy atom. The molecule has 1 aromatic carbocycles. The predicted octanol–water partition coefficient (Wildman–Crippen LogP) is 3.42. The fraction of sp³-hybridized carbons (Fsp3) is 0.364. The fourth-order valence-electron chi connectivity index (χ4n) is 1.16. The van der Waals surface area contributed by atoms with Gasteiger partial charge in [0.05, 0.1) is 0 Å². The molecule has 3 heteroatoms. The van der Waals surface area contributed by atoms with E-state index >= 15 is 0 Å². The summed E-state index contributed by atoms with van der Waals surface area (Å²) < 4.78 is 12.5. The van der Waals surface area contributed by atoms with E-state index in [9.17, 15) is 9.18 Å². The number of carbonyl (C=O) groups excluding carboxylic acids is 1. The van der Waals surface area contributed by atoms with Crippen molar-refractivity contribution in [2.24, 2.45) is 0 Å². The van der Waals surface area contributed by atoms with Gasteiger partial charge in [0.25, 0.3) is 0 Å². The van der Waals surface area contributed by atoms with Gasteiger partial charge >= 0.3 is 0 Å². The van der Waals surface area contributed by atoms with Gasteiger partial charge in [-0.3, -0.25) is 4.79 Å². The molecule has 0 heterocycles. The Hall–Kier alpha value is -0.890. The van der Waals surface area contributed by atoms with Crippen LogP contribution in [-0.4, -0.2) is 11.7 Å². The molecular weight excluding hydrogens is 203 g/mol. The van der Waals surface area contributed by atoms with Gasteiger partial charge in [0.15, 0.2) is 5.78 Å². The van der Waals surface area contributed by atoms with Crippen LogP contribution in [0.15, 0.2) is 24.3 Å². The van der Waals surface area contributed by atoms with Gasteiger partial charge in [0.1, 0.15) is 5.82 Å². The first-order chi connectivity index (χ1) is 6.74. The molecule has 0 amide bonds. The number of Topliss-reactive ketones (excluding diaryl/α,β-unsaturated/α-hetero) is 1. The number of hydrogen-bond donors (Lipinski definition) is 0. The molecule has 0 radical (unpaired) electrons. The molecule has 76 valence electrons. The van der Waals surface area contributed by atoms with Crippen LogP contribution < -0.4 is 0 Å². The summed E-state index contributed by atoms with van der Waals surface area (Å²) in [4.78, 5) is 11.5. The number of ketones is 1. The Labute approximate surface area is 87.9 Å². The highest BCUT2D eigenvalue weighted by Gasteiger charge is 2.04. The van der Waals surface area contributed by atoms with Gasteiger partial charge in [-0.2, -0.15) is 0 Å². The van der Waals surface area contributed by atoms with Gasteiger partial charge in [-0.1, -0.05) is 0 Å². The Kier molecular flexibility index (Phi) is 4.60. The lowest BCUT2D eigenvalue weighted by Crippen LogP contribution is -1.98. The zero-order valence-corrected chi connectivity index (χ0v) is 8.56. The first-order valence-electron chi connectivity index (χ1n) is 4.59. The molecule has 0 aromatic heterocycles. The van der Waals surface area contributed by atoms with Crippen LogP contribution in [0, 0.1) is 5.82 Å². The van der Waals surface area contributed by atoms with Crippen LogP contribution >= 0.6 is 11.6 Å². The molecule has 0 atom stereocenters. The second kappa shape index (κ2) is 5.76. The molecule has 0 saturated heterocycles. The quantitative estimate of drug-likeness (QED) is 0.417. The molecule has 1 aromatic rings. The van der Waals surface area contributed by atoms with Crippen molar-refractivity contribution < 1.29 is 9.18 Å². The molecule has 0 saturated carbocycles. The standard InChI is InChI=1S/C11H12ClFO/c12-8-2-1-3-11(14)9-4-6-10(13)7-5-9/h4-7H,1-3,8H2. The summed E-state index contributed by atoms with van der Waals surface area (Å²) in [5.74, 6) is 0.314. The number of halogens is 2. The zero-order chi connectivity index (χ0) is 10.4. The van der Waals surface area contributed by atoms with Crippen molar-refractivity contribution in [3.63, 3.8) is 0 Å². The summed E-state index contributed by atoms with van der Waals surface area (Å²) in [6.45, 7) is 0. The second-order valence-corrected chi connectivity index (χ2v) is 3.45. The van der Waals surface area contributed by atoms with Gasteiger partial charge in [0.2, 0.25) is 0 Å². The van der Waals surface area contributed by atoms with Crippen LogP contribution in [0.2, 0.25) is 0 Å². The van der Waals surface area contributed by atoms with Crippen molar-refractivity contribution in [1.29, 1.82) is 0 Å². The Morgan fingerprint density at radius 2 is 1.86 bits per heavy atom. The highest BCUT2D eigenvalue weighted by molar-refractivity contribution is 6.17. The summed E-state index contributed by atoms with van der Waals surface area (Å²) >= 11 is 5.49. The van der Waals surface area contributed by atoms with Gasteiger partial charge < -0.3 is 0 Å². The van der Waals surface area contributed by atoms with Crippen LogP contribution in [-0.2, 0) is 0 Å². The minimum atomic E-state index is -0.317. The summed E-state index contributed by atoms with van der Waals surface area (Å²) in [6, 6.07) is 5.63. The van der Waals surface area contributed by atoms with E-state index in [1.807, 2.05) is 0 Å². The molecule has 0 fully saturated rings. The summed E-state index contributed by atoms with van der Waals surface area (Å²) in [5.41, 5.74) is 0.570. The topological polar surface area (TPSA) is 17.1 Å². The first kappa shape index (κ1) is 11.2. The molecular formula is C11H12ClFO. The molecule has 0 spiro atoms. The molecule has 1 rings (SSSR count). The molecule has 0 aliphatic heterocycles. The number of alkyl halides is 1. The molecule has 0 aliphatic rings. The molecule has 0 aliphatic carbocycles. The van der Waals surface area contributed by atoms with E-state index in [1.54, 1.807) is 0 Å². The predicted molar refractivity (Wildman–Crippen MR) is 55.3 cm³/mol. The molecule has 0 bridgehead atoms. The number of unbranched alkanes of at least 4 members (excludes halogenated alkanes) is 1. The average Bonchev–Trinajstić information content (AvgIpc) is 2.19. The van der Waals surface area contributed by atoms with E-state index in [4.69, 9.17) is 11.6 Å². The monoisotopic (exact) mass is 214 g/mol. The van der Waals surface area contributed by atoms with E-state index in [0.717, 1.165) is 12.8 Å². The second-order valence-electron chi connectivity index (χ2n) is 3.08. The Morgan fingerprint density at radius 3 is 2.43 bits per heavy atom.